The van der Waals surface area contributed by atoms with Crippen LogP contribution in [-0.2, 0) is 4.79 Å². The Bertz CT molecular complexity index is 692. The van der Waals surface area contributed by atoms with E-state index >= 15 is 0 Å². The summed E-state index contributed by atoms with van der Waals surface area (Å²) >= 11 is 0. The van der Waals surface area contributed by atoms with Crippen molar-refractivity contribution in [3.63, 3.8) is 0 Å². The molecule has 0 radical (unpaired) electrons. The molecule has 0 aromatic heterocycles. The third-order valence-corrected chi connectivity index (χ3v) is 3.26. The van der Waals surface area contributed by atoms with Gasteiger partial charge in [0, 0.05) is 23.4 Å². The average molecular weight is 297 g/mol. The number of rotatable bonds is 5. The van der Waals surface area contributed by atoms with Crippen LogP contribution in [0.15, 0.2) is 48.5 Å². The Kier molecular flexibility index (Phi) is 5.20. The Labute approximate surface area is 130 Å². The van der Waals surface area contributed by atoms with E-state index in [-0.39, 0.29) is 5.91 Å². The number of hydrogen-bond acceptors (Lipinski definition) is 3. The third kappa shape index (κ3) is 3.88. The first-order valence-electron chi connectivity index (χ1n) is 6.90. The summed E-state index contributed by atoms with van der Waals surface area (Å²) in [5.41, 5.74) is 2.63. The molecule has 0 spiro atoms. The maximum Gasteiger partial charge on any atom is 0.248 e. The SMILES string of the molecule is COc1ccc(/C=C/C(=O)Nc2ccccc2C)c(OC)c1. The monoisotopic (exact) mass is 297 g/mol. The van der Waals surface area contributed by atoms with E-state index in [1.54, 1.807) is 26.4 Å². The van der Waals surface area contributed by atoms with Crippen LogP contribution in [0.2, 0.25) is 0 Å². The van der Waals surface area contributed by atoms with Gasteiger partial charge in [-0.25, -0.2) is 0 Å². The first-order valence-corrected chi connectivity index (χ1v) is 6.90. The highest BCUT2D eigenvalue weighted by Gasteiger charge is 2.04. The smallest absolute Gasteiger partial charge is 0.248 e. The van der Waals surface area contributed by atoms with E-state index < -0.39 is 0 Å². The standard InChI is InChI=1S/C18H19NO3/c1-13-6-4-5-7-16(13)19-18(20)11-9-14-8-10-15(21-2)12-17(14)22-3/h4-12H,1-3H3,(H,19,20)/b11-9+. The fourth-order valence-corrected chi connectivity index (χ4v) is 2.01. The molecule has 0 bridgehead atoms. The molecule has 0 unspecified atom stereocenters. The first kappa shape index (κ1) is 15.6. The van der Waals surface area contributed by atoms with Crippen LogP contribution in [0.4, 0.5) is 5.69 Å². The van der Waals surface area contributed by atoms with E-state index in [1.807, 2.05) is 43.3 Å². The summed E-state index contributed by atoms with van der Waals surface area (Å²) in [7, 11) is 3.18. The van der Waals surface area contributed by atoms with Gasteiger partial charge in [0.1, 0.15) is 11.5 Å². The topological polar surface area (TPSA) is 47.6 Å². The molecule has 2 aromatic carbocycles. The molecular weight excluding hydrogens is 278 g/mol. The fourth-order valence-electron chi connectivity index (χ4n) is 2.01. The number of carbonyl (C=O) groups is 1. The number of methoxy groups -OCH3 is 2. The molecular formula is C18H19NO3. The lowest BCUT2D eigenvalue weighted by Crippen LogP contribution is -2.08. The van der Waals surface area contributed by atoms with Crippen molar-refractivity contribution in [2.24, 2.45) is 0 Å². The summed E-state index contributed by atoms with van der Waals surface area (Å²) in [6, 6.07) is 13.1. The molecule has 1 N–H and O–H groups in total. The maximum atomic E-state index is 12.0. The summed E-state index contributed by atoms with van der Waals surface area (Å²) in [5, 5.41) is 2.85. The molecule has 0 fully saturated rings. The summed E-state index contributed by atoms with van der Waals surface area (Å²) < 4.78 is 10.4. The van der Waals surface area contributed by atoms with Crippen LogP contribution >= 0.6 is 0 Å². The van der Waals surface area contributed by atoms with E-state index in [9.17, 15) is 4.79 Å². The van der Waals surface area contributed by atoms with Gasteiger partial charge in [-0.3, -0.25) is 4.79 Å². The summed E-state index contributed by atoms with van der Waals surface area (Å²) in [6.45, 7) is 1.95. The van der Waals surface area contributed by atoms with Gasteiger partial charge in [-0.15, -0.1) is 0 Å². The second-order valence-electron chi connectivity index (χ2n) is 4.75. The van der Waals surface area contributed by atoms with Crippen LogP contribution in [0.5, 0.6) is 11.5 Å². The molecule has 2 aromatic rings. The maximum absolute atomic E-state index is 12.0. The van der Waals surface area contributed by atoms with E-state index in [0.717, 1.165) is 16.8 Å². The second kappa shape index (κ2) is 7.31. The van der Waals surface area contributed by atoms with Gasteiger partial charge in [-0.2, -0.15) is 0 Å². The number of aryl methyl sites for hydroxylation is 1. The number of anilines is 1. The van der Waals surface area contributed by atoms with Crippen molar-refractivity contribution in [2.75, 3.05) is 19.5 Å². The lowest BCUT2D eigenvalue weighted by atomic mass is 10.1. The van der Waals surface area contributed by atoms with Crippen molar-refractivity contribution in [3.05, 3.63) is 59.7 Å². The zero-order valence-corrected chi connectivity index (χ0v) is 12.9. The molecule has 0 aliphatic rings. The predicted molar refractivity (Wildman–Crippen MR) is 88.4 cm³/mol. The minimum atomic E-state index is -0.188. The molecule has 0 saturated heterocycles. The van der Waals surface area contributed by atoms with Crippen molar-refractivity contribution >= 4 is 17.7 Å². The van der Waals surface area contributed by atoms with Crippen LogP contribution in [0.1, 0.15) is 11.1 Å². The van der Waals surface area contributed by atoms with E-state index in [0.29, 0.717) is 11.5 Å². The molecule has 0 aliphatic heterocycles. The highest BCUT2D eigenvalue weighted by atomic mass is 16.5. The largest absolute Gasteiger partial charge is 0.497 e. The number of amides is 1. The van der Waals surface area contributed by atoms with Crippen molar-refractivity contribution in [3.8, 4) is 11.5 Å². The molecule has 4 heteroatoms. The minimum Gasteiger partial charge on any atom is -0.497 e. The van der Waals surface area contributed by atoms with E-state index in [1.165, 1.54) is 6.08 Å². The number of hydrogen-bond donors (Lipinski definition) is 1. The van der Waals surface area contributed by atoms with Crippen LogP contribution in [0.3, 0.4) is 0 Å². The van der Waals surface area contributed by atoms with Crippen molar-refractivity contribution in [2.45, 2.75) is 6.92 Å². The highest BCUT2D eigenvalue weighted by molar-refractivity contribution is 6.02. The van der Waals surface area contributed by atoms with Crippen molar-refractivity contribution < 1.29 is 14.3 Å². The third-order valence-electron chi connectivity index (χ3n) is 3.26. The number of para-hydroxylation sites is 1. The summed E-state index contributed by atoms with van der Waals surface area (Å²) in [6.07, 6.45) is 3.20. The Morgan fingerprint density at radius 3 is 2.55 bits per heavy atom. The van der Waals surface area contributed by atoms with Crippen LogP contribution in [0, 0.1) is 6.92 Å². The van der Waals surface area contributed by atoms with Crippen LogP contribution < -0.4 is 14.8 Å². The molecule has 2 rings (SSSR count). The lowest BCUT2D eigenvalue weighted by molar-refractivity contribution is -0.111. The van der Waals surface area contributed by atoms with Crippen molar-refractivity contribution in [1.29, 1.82) is 0 Å². The normalized spacial score (nSPS) is 10.5. The number of ether oxygens (including phenoxy) is 2. The summed E-state index contributed by atoms with van der Waals surface area (Å²) in [5.74, 6) is 1.17. The fraction of sp³-hybridized carbons (Fsp3) is 0.167. The van der Waals surface area contributed by atoms with Crippen LogP contribution in [-0.4, -0.2) is 20.1 Å². The van der Waals surface area contributed by atoms with Gasteiger partial charge < -0.3 is 14.8 Å². The lowest BCUT2D eigenvalue weighted by Gasteiger charge is -2.08. The van der Waals surface area contributed by atoms with Gasteiger partial charge in [-0.05, 0) is 36.8 Å². The molecule has 114 valence electrons. The predicted octanol–water partition coefficient (Wildman–Crippen LogP) is 3.66. The molecule has 0 aliphatic carbocycles. The molecule has 0 atom stereocenters. The van der Waals surface area contributed by atoms with E-state index in [4.69, 9.17) is 9.47 Å². The van der Waals surface area contributed by atoms with Crippen LogP contribution in [0.25, 0.3) is 6.08 Å². The number of benzene rings is 2. The summed E-state index contributed by atoms with van der Waals surface area (Å²) in [4.78, 5) is 12.0. The molecule has 1 amide bonds. The Morgan fingerprint density at radius 2 is 1.86 bits per heavy atom. The van der Waals surface area contributed by atoms with E-state index in [2.05, 4.69) is 5.32 Å². The van der Waals surface area contributed by atoms with Gasteiger partial charge in [0.2, 0.25) is 5.91 Å². The Morgan fingerprint density at radius 1 is 1.09 bits per heavy atom. The Balaban J connectivity index is 2.11. The highest BCUT2D eigenvalue weighted by Crippen LogP contribution is 2.25. The number of carbonyl (C=O) groups excluding carboxylic acids is 1. The first-order chi connectivity index (χ1) is 10.6. The zero-order chi connectivity index (χ0) is 15.9. The van der Waals surface area contributed by atoms with Gasteiger partial charge in [0.25, 0.3) is 0 Å². The van der Waals surface area contributed by atoms with Gasteiger partial charge in [-0.1, -0.05) is 18.2 Å². The zero-order valence-electron chi connectivity index (χ0n) is 12.9. The molecule has 22 heavy (non-hydrogen) atoms. The van der Waals surface area contributed by atoms with Gasteiger partial charge in [0.15, 0.2) is 0 Å². The Hall–Kier alpha value is -2.75. The van der Waals surface area contributed by atoms with Gasteiger partial charge >= 0.3 is 0 Å². The minimum absolute atomic E-state index is 0.188. The second-order valence-corrected chi connectivity index (χ2v) is 4.75. The molecule has 4 nitrogen and oxygen atoms in total. The molecule has 0 saturated carbocycles. The quantitative estimate of drug-likeness (QED) is 0.857. The average Bonchev–Trinajstić information content (AvgIpc) is 2.55. The number of nitrogens with one attached hydrogen (secondary N) is 1. The molecule has 0 heterocycles. The van der Waals surface area contributed by atoms with Gasteiger partial charge in [0.05, 0.1) is 14.2 Å². The van der Waals surface area contributed by atoms with Crippen molar-refractivity contribution in [1.82, 2.24) is 0 Å².